The van der Waals surface area contributed by atoms with Crippen LogP contribution in [0.5, 0.6) is 0 Å². The fraction of sp³-hybridized carbons (Fsp3) is 0.643. The average molecular weight is 234 g/mol. The van der Waals surface area contributed by atoms with Crippen LogP contribution < -0.4 is 5.32 Å². The quantitative estimate of drug-likeness (QED) is 0.873. The summed E-state index contributed by atoms with van der Waals surface area (Å²) in [6.45, 7) is 7.34. The van der Waals surface area contributed by atoms with Crippen molar-refractivity contribution in [1.29, 1.82) is 0 Å². The maximum Gasteiger partial charge on any atom is 0.0641 e. The second-order valence-electron chi connectivity index (χ2n) is 5.44. The lowest BCUT2D eigenvalue weighted by molar-refractivity contribution is -0.0640. The molecule has 1 aliphatic heterocycles. The van der Waals surface area contributed by atoms with Crippen LogP contribution in [0.3, 0.4) is 0 Å². The molecule has 3 nitrogen and oxygen atoms in total. The predicted octanol–water partition coefficient (Wildman–Crippen LogP) is 2.69. The van der Waals surface area contributed by atoms with Crippen molar-refractivity contribution < 1.29 is 4.74 Å². The molecular weight excluding hydrogens is 212 g/mol. The Morgan fingerprint density at radius 2 is 2.29 bits per heavy atom. The minimum Gasteiger partial charge on any atom is -0.375 e. The number of nitrogens with one attached hydrogen (secondary N) is 1. The van der Waals surface area contributed by atoms with Crippen LogP contribution >= 0.6 is 0 Å². The Hall–Kier alpha value is -0.930. The third kappa shape index (κ3) is 3.51. The number of aromatic nitrogens is 1. The van der Waals surface area contributed by atoms with E-state index in [0.29, 0.717) is 12.1 Å². The number of pyridine rings is 1. The molecule has 0 bridgehead atoms. The Kier molecular flexibility index (Phi) is 3.79. The molecule has 1 N–H and O–H groups in total. The van der Waals surface area contributed by atoms with Gasteiger partial charge in [0.1, 0.15) is 0 Å². The van der Waals surface area contributed by atoms with Crippen LogP contribution in [-0.4, -0.2) is 23.2 Å². The fourth-order valence-corrected chi connectivity index (χ4v) is 2.45. The van der Waals surface area contributed by atoms with Gasteiger partial charge >= 0.3 is 0 Å². The van der Waals surface area contributed by atoms with Gasteiger partial charge in [0.15, 0.2) is 0 Å². The molecule has 0 aromatic carbocycles. The summed E-state index contributed by atoms with van der Waals surface area (Å²) in [5, 5.41) is 3.65. The zero-order valence-electron chi connectivity index (χ0n) is 10.9. The van der Waals surface area contributed by atoms with Crippen LogP contribution in [0.1, 0.15) is 45.3 Å². The van der Waals surface area contributed by atoms with Gasteiger partial charge in [0, 0.05) is 24.9 Å². The lowest BCUT2D eigenvalue weighted by Gasteiger charge is -2.37. The van der Waals surface area contributed by atoms with Gasteiger partial charge in [-0.3, -0.25) is 4.98 Å². The Morgan fingerprint density at radius 1 is 1.47 bits per heavy atom. The van der Waals surface area contributed by atoms with Gasteiger partial charge < -0.3 is 10.1 Å². The van der Waals surface area contributed by atoms with E-state index in [2.05, 4.69) is 37.1 Å². The van der Waals surface area contributed by atoms with E-state index in [1.807, 2.05) is 18.3 Å². The molecule has 94 valence electrons. The molecule has 1 unspecified atom stereocenters. The van der Waals surface area contributed by atoms with Gasteiger partial charge in [0.05, 0.1) is 11.3 Å². The molecule has 3 heteroatoms. The summed E-state index contributed by atoms with van der Waals surface area (Å²) in [4.78, 5) is 4.39. The molecule has 1 fully saturated rings. The summed E-state index contributed by atoms with van der Waals surface area (Å²) < 4.78 is 5.73. The summed E-state index contributed by atoms with van der Waals surface area (Å²) in [5.41, 5.74) is 1.11. The molecule has 2 atom stereocenters. The SMILES string of the molecule is C[C@H](NC1CCOC(C)(C)C1)c1ccccn1. The van der Waals surface area contributed by atoms with Crippen molar-refractivity contribution in [3.8, 4) is 0 Å². The molecule has 2 rings (SSSR count). The second-order valence-corrected chi connectivity index (χ2v) is 5.44. The highest BCUT2D eigenvalue weighted by Crippen LogP contribution is 2.25. The normalized spacial score (nSPS) is 25.5. The Bertz CT molecular complexity index is 350. The van der Waals surface area contributed by atoms with Gasteiger partial charge in [-0.15, -0.1) is 0 Å². The first-order valence-electron chi connectivity index (χ1n) is 6.38. The topological polar surface area (TPSA) is 34.1 Å². The molecule has 1 aromatic rings. The Morgan fingerprint density at radius 3 is 2.94 bits per heavy atom. The predicted molar refractivity (Wildman–Crippen MR) is 68.8 cm³/mol. The third-order valence-electron chi connectivity index (χ3n) is 3.31. The van der Waals surface area contributed by atoms with Crippen molar-refractivity contribution in [2.24, 2.45) is 0 Å². The first-order chi connectivity index (χ1) is 8.07. The molecule has 0 aliphatic carbocycles. The van der Waals surface area contributed by atoms with Gasteiger partial charge in [0.25, 0.3) is 0 Å². The largest absolute Gasteiger partial charge is 0.375 e. The van der Waals surface area contributed by atoms with Gasteiger partial charge in [-0.05, 0) is 45.7 Å². The standard InChI is InChI=1S/C14H22N2O/c1-11(13-6-4-5-8-15-13)16-12-7-9-17-14(2,3)10-12/h4-6,8,11-12,16H,7,9-10H2,1-3H3/t11-,12?/m0/s1. The molecule has 0 radical (unpaired) electrons. The van der Waals surface area contributed by atoms with Crippen molar-refractivity contribution in [3.05, 3.63) is 30.1 Å². The van der Waals surface area contributed by atoms with Gasteiger partial charge in [0.2, 0.25) is 0 Å². The van der Waals surface area contributed by atoms with Crippen molar-refractivity contribution in [3.63, 3.8) is 0 Å². The number of ether oxygens (including phenoxy) is 1. The van der Waals surface area contributed by atoms with Gasteiger partial charge in [-0.1, -0.05) is 6.07 Å². The minimum absolute atomic E-state index is 0.000245. The molecule has 1 aliphatic rings. The zero-order chi connectivity index (χ0) is 12.3. The molecule has 1 aromatic heterocycles. The second kappa shape index (κ2) is 5.15. The molecule has 17 heavy (non-hydrogen) atoms. The van der Waals surface area contributed by atoms with Crippen molar-refractivity contribution in [1.82, 2.24) is 10.3 Å². The van der Waals surface area contributed by atoms with Crippen LogP contribution in [-0.2, 0) is 4.74 Å². The monoisotopic (exact) mass is 234 g/mol. The summed E-state index contributed by atoms with van der Waals surface area (Å²) in [7, 11) is 0. The summed E-state index contributed by atoms with van der Waals surface area (Å²) in [5.74, 6) is 0. The number of nitrogens with zero attached hydrogens (tertiary/aromatic N) is 1. The van der Waals surface area contributed by atoms with Crippen molar-refractivity contribution in [2.75, 3.05) is 6.61 Å². The zero-order valence-corrected chi connectivity index (χ0v) is 10.9. The third-order valence-corrected chi connectivity index (χ3v) is 3.31. The molecule has 0 amide bonds. The van der Waals surface area contributed by atoms with Crippen LogP contribution in [0.25, 0.3) is 0 Å². The van der Waals surface area contributed by atoms with E-state index in [0.717, 1.165) is 25.1 Å². The summed E-state index contributed by atoms with van der Waals surface area (Å²) in [6.07, 6.45) is 3.99. The average Bonchev–Trinajstić information content (AvgIpc) is 2.29. The van der Waals surface area contributed by atoms with Crippen LogP contribution in [0.4, 0.5) is 0 Å². The van der Waals surface area contributed by atoms with E-state index in [-0.39, 0.29) is 5.60 Å². The number of hydrogen-bond donors (Lipinski definition) is 1. The molecule has 0 spiro atoms. The first kappa shape index (κ1) is 12.5. The highest BCUT2D eigenvalue weighted by Gasteiger charge is 2.29. The maximum atomic E-state index is 5.73. The van der Waals surface area contributed by atoms with E-state index < -0.39 is 0 Å². The van der Waals surface area contributed by atoms with Crippen molar-refractivity contribution in [2.45, 2.75) is 51.3 Å². The lowest BCUT2D eigenvalue weighted by Crippen LogP contribution is -2.44. The Labute approximate surface area is 104 Å². The molecule has 1 saturated heterocycles. The van der Waals surface area contributed by atoms with E-state index >= 15 is 0 Å². The lowest BCUT2D eigenvalue weighted by atomic mass is 9.93. The minimum atomic E-state index is -0.000245. The van der Waals surface area contributed by atoms with Gasteiger partial charge in [-0.2, -0.15) is 0 Å². The maximum absolute atomic E-state index is 5.73. The molecule has 0 saturated carbocycles. The van der Waals surface area contributed by atoms with E-state index in [4.69, 9.17) is 4.74 Å². The molecule has 2 heterocycles. The fourth-order valence-electron chi connectivity index (χ4n) is 2.45. The number of hydrogen-bond acceptors (Lipinski definition) is 3. The van der Waals surface area contributed by atoms with Crippen LogP contribution in [0, 0.1) is 0 Å². The highest BCUT2D eigenvalue weighted by molar-refractivity contribution is 5.08. The smallest absolute Gasteiger partial charge is 0.0641 e. The number of rotatable bonds is 3. The van der Waals surface area contributed by atoms with E-state index in [1.54, 1.807) is 0 Å². The van der Waals surface area contributed by atoms with Crippen molar-refractivity contribution >= 4 is 0 Å². The van der Waals surface area contributed by atoms with Gasteiger partial charge in [-0.25, -0.2) is 0 Å². The molecular formula is C14H22N2O. The van der Waals surface area contributed by atoms with Crippen LogP contribution in [0.2, 0.25) is 0 Å². The first-order valence-corrected chi connectivity index (χ1v) is 6.38. The summed E-state index contributed by atoms with van der Waals surface area (Å²) >= 11 is 0. The Balaban J connectivity index is 1.93. The van der Waals surface area contributed by atoms with E-state index in [9.17, 15) is 0 Å². The van der Waals surface area contributed by atoms with Crippen LogP contribution in [0.15, 0.2) is 24.4 Å². The highest BCUT2D eigenvalue weighted by atomic mass is 16.5. The van der Waals surface area contributed by atoms with E-state index in [1.165, 1.54) is 0 Å². The summed E-state index contributed by atoms with van der Waals surface area (Å²) in [6, 6.07) is 6.88.